The quantitative estimate of drug-likeness (QED) is 0.836. The van der Waals surface area contributed by atoms with Crippen LogP contribution in [-0.2, 0) is 15.1 Å². The average Bonchev–Trinajstić information content (AvgIpc) is 2.65. The molecule has 15 heavy (non-hydrogen) atoms. The summed E-state index contributed by atoms with van der Waals surface area (Å²) in [6.45, 7) is 1.13. The number of halogens is 1. The Bertz CT molecular complexity index is 343. The Morgan fingerprint density at radius 2 is 2.40 bits per heavy atom. The van der Waals surface area contributed by atoms with Gasteiger partial charge in [0.15, 0.2) is 0 Å². The van der Waals surface area contributed by atoms with E-state index in [1.807, 2.05) is 0 Å². The molecule has 0 spiro atoms. The third-order valence-corrected chi connectivity index (χ3v) is 3.03. The highest BCUT2D eigenvalue weighted by Gasteiger charge is 2.38. The number of hydrogen-bond donors (Lipinski definition) is 1. The Labute approximate surface area is 96.4 Å². The van der Waals surface area contributed by atoms with Crippen LogP contribution in [0.3, 0.4) is 0 Å². The number of methoxy groups -OCH3 is 1. The van der Waals surface area contributed by atoms with E-state index in [1.165, 1.54) is 0 Å². The van der Waals surface area contributed by atoms with E-state index in [9.17, 15) is 5.11 Å². The Morgan fingerprint density at radius 3 is 2.93 bits per heavy atom. The molecule has 0 aromatic carbocycles. The maximum absolute atomic E-state index is 9.50. The van der Waals surface area contributed by atoms with Crippen molar-refractivity contribution in [1.82, 2.24) is 4.98 Å². The number of aromatic nitrogens is 1. The zero-order valence-electron chi connectivity index (χ0n) is 8.36. The molecular formula is C10H12BrNO3. The molecule has 0 radical (unpaired) electrons. The first-order chi connectivity index (χ1) is 7.16. The molecule has 1 atom stereocenters. The van der Waals surface area contributed by atoms with Crippen LogP contribution in [0.15, 0.2) is 16.7 Å². The highest BCUT2D eigenvalue weighted by atomic mass is 79.9. The second-order valence-electron chi connectivity index (χ2n) is 3.53. The minimum absolute atomic E-state index is 0.176. The van der Waals surface area contributed by atoms with E-state index < -0.39 is 5.60 Å². The first-order valence-electron chi connectivity index (χ1n) is 4.66. The fraction of sp³-hybridized carbons (Fsp3) is 0.500. The Balaban J connectivity index is 2.42. The van der Waals surface area contributed by atoms with Gasteiger partial charge >= 0.3 is 0 Å². The van der Waals surface area contributed by atoms with Gasteiger partial charge < -0.3 is 14.6 Å². The number of pyridine rings is 1. The first kappa shape index (κ1) is 10.9. The van der Waals surface area contributed by atoms with Crippen LogP contribution in [0.1, 0.15) is 12.1 Å². The summed E-state index contributed by atoms with van der Waals surface area (Å²) in [5, 5.41) is 9.50. The van der Waals surface area contributed by atoms with Gasteiger partial charge in [-0.25, -0.2) is 4.98 Å². The Morgan fingerprint density at radius 1 is 1.60 bits per heavy atom. The zero-order valence-corrected chi connectivity index (χ0v) is 9.95. The van der Waals surface area contributed by atoms with Crippen LogP contribution in [0.5, 0.6) is 5.75 Å². The van der Waals surface area contributed by atoms with E-state index in [4.69, 9.17) is 9.47 Å². The van der Waals surface area contributed by atoms with Crippen molar-refractivity contribution in [3.63, 3.8) is 0 Å². The van der Waals surface area contributed by atoms with Crippen LogP contribution in [0, 0.1) is 0 Å². The van der Waals surface area contributed by atoms with Gasteiger partial charge in [-0.1, -0.05) is 0 Å². The molecule has 0 unspecified atom stereocenters. The Kier molecular flexibility index (Phi) is 2.95. The molecular weight excluding hydrogens is 262 g/mol. The van der Waals surface area contributed by atoms with Crippen molar-refractivity contribution in [3.8, 4) is 5.75 Å². The monoisotopic (exact) mass is 273 g/mol. The highest BCUT2D eigenvalue weighted by Crippen LogP contribution is 2.34. The SMILES string of the molecule is CO[C@@]1(c2cc(O)cc(Br)n2)CCOC1. The molecule has 82 valence electrons. The number of hydrogen-bond acceptors (Lipinski definition) is 4. The predicted octanol–water partition coefficient (Wildman–Crippen LogP) is 1.81. The summed E-state index contributed by atoms with van der Waals surface area (Å²) in [6, 6.07) is 3.16. The topological polar surface area (TPSA) is 51.6 Å². The average molecular weight is 274 g/mol. The molecule has 1 saturated heterocycles. The van der Waals surface area contributed by atoms with Crippen molar-refractivity contribution >= 4 is 15.9 Å². The summed E-state index contributed by atoms with van der Waals surface area (Å²) < 4.78 is 11.4. The van der Waals surface area contributed by atoms with Gasteiger partial charge in [-0.05, 0) is 15.9 Å². The molecule has 1 aromatic heterocycles. The molecule has 1 aliphatic heterocycles. The lowest BCUT2D eigenvalue weighted by Crippen LogP contribution is -2.29. The van der Waals surface area contributed by atoms with Gasteiger partial charge in [0.2, 0.25) is 0 Å². The zero-order chi connectivity index (χ0) is 10.9. The molecule has 0 saturated carbocycles. The lowest BCUT2D eigenvalue weighted by molar-refractivity contribution is -0.0248. The number of nitrogens with zero attached hydrogens (tertiary/aromatic N) is 1. The standard InChI is InChI=1S/C10H12BrNO3/c1-14-10(2-3-15-6-10)8-4-7(13)5-9(11)12-8/h4-5H,2-3,6H2,1H3,(H,12,13)/t10-/m0/s1. The van der Waals surface area contributed by atoms with Crippen molar-refractivity contribution in [3.05, 3.63) is 22.4 Å². The van der Waals surface area contributed by atoms with Gasteiger partial charge in [-0.3, -0.25) is 0 Å². The summed E-state index contributed by atoms with van der Waals surface area (Å²) in [7, 11) is 1.63. The first-order valence-corrected chi connectivity index (χ1v) is 5.45. The number of ether oxygens (including phenoxy) is 2. The molecule has 5 heteroatoms. The summed E-state index contributed by atoms with van der Waals surface area (Å²) in [4.78, 5) is 4.31. The van der Waals surface area contributed by atoms with Gasteiger partial charge in [0, 0.05) is 32.3 Å². The maximum atomic E-state index is 9.50. The number of aromatic hydroxyl groups is 1. The third kappa shape index (κ3) is 2.00. The molecule has 4 nitrogen and oxygen atoms in total. The molecule has 1 aliphatic rings. The maximum Gasteiger partial charge on any atom is 0.135 e. The van der Waals surface area contributed by atoms with E-state index >= 15 is 0 Å². The van der Waals surface area contributed by atoms with E-state index in [-0.39, 0.29) is 5.75 Å². The molecule has 1 N–H and O–H groups in total. The summed E-state index contributed by atoms with van der Waals surface area (Å²) >= 11 is 3.25. The molecule has 2 heterocycles. The van der Waals surface area contributed by atoms with Crippen molar-refractivity contribution in [2.75, 3.05) is 20.3 Å². The lowest BCUT2D eigenvalue weighted by Gasteiger charge is -2.25. The molecule has 0 aliphatic carbocycles. The highest BCUT2D eigenvalue weighted by molar-refractivity contribution is 9.10. The van der Waals surface area contributed by atoms with E-state index in [1.54, 1.807) is 19.2 Å². The van der Waals surface area contributed by atoms with E-state index in [0.717, 1.165) is 6.42 Å². The minimum atomic E-state index is -0.513. The largest absolute Gasteiger partial charge is 0.508 e. The van der Waals surface area contributed by atoms with Gasteiger partial charge in [0.1, 0.15) is 16.0 Å². The summed E-state index contributed by atoms with van der Waals surface area (Å²) in [5.41, 5.74) is 0.190. The smallest absolute Gasteiger partial charge is 0.135 e. The van der Waals surface area contributed by atoms with Crippen molar-refractivity contribution in [2.24, 2.45) is 0 Å². The molecule has 1 aromatic rings. The van der Waals surface area contributed by atoms with E-state index in [0.29, 0.717) is 23.5 Å². The fourth-order valence-corrected chi connectivity index (χ4v) is 2.16. The van der Waals surface area contributed by atoms with Crippen LogP contribution in [0.4, 0.5) is 0 Å². The summed E-state index contributed by atoms with van der Waals surface area (Å²) in [6.07, 6.45) is 0.756. The van der Waals surface area contributed by atoms with Crippen molar-refractivity contribution < 1.29 is 14.6 Å². The molecule has 2 rings (SSSR count). The van der Waals surface area contributed by atoms with Crippen LogP contribution in [0.25, 0.3) is 0 Å². The minimum Gasteiger partial charge on any atom is -0.508 e. The van der Waals surface area contributed by atoms with Crippen molar-refractivity contribution in [1.29, 1.82) is 0 Å². The van der Waals surface area contributed by atoms with Crippen LogP contribution >= 0.6 is 15.9 Å². The predicted molar refractivity (Wildman–Crippen MR) is 57.7 cm³/mol. The van der Waals surface area contributed by atoms with E-state index in [2.05, 4.69) is 20.9 Å². The second-order valence-corrected chi connectivity index (χ2v) is 4.35. The molecule has 1 fully saturated rings. The van der Waals surface area contributed by atoms with Crippen LogP contribution < -0.4 is 0 Å². The molecule has 0 bridgehead atoms. The number of rotatable bonds is 2. The van der Waals surface area contributed by atoms with Crippen molar-refractivity contribution in [2.45, 2.75) is 12.0 Å². The third-order valence-electron chi connectivity index (χ3n) is 2.62. The molecule has 0 amide bonds. The van der Waals surface area contributed by atoms with Gasteiger partial charge in [-0.15, -0.1) is 0 Å². The summed E-state index contributed by atoms with van der Waals surface area (Å²) in [5.74, 6) is 0.176. The lowest BCUT2D eigenvalue weighted by atomic mass is 9.98. The van der Waals surface area contributed by atoms with Gasteiger partial charge in [0.05, 0.1) is 12.3 Å². The van der Waals surface area contributed by atoms with Gasteiger partial charge in [0.25, 0.3) is 0 Å². The Hall–Kier alpha value is -0.650. The van der Waals surface area contributed by atoms with Crippen LogP contribution in [0.2, 0.25) is 0 Å². The van der Waals surface area contributed by atoms with Gasteiger partial charge in [-0.2, -0.15) is 0 Å². The normalized spacial score (nSPS) is 25.7. The fourth-order valence-electron chi connectivity index (χ4n) is 1.73. The van der Waals surface area contributed by atoms with Crippen LogP contribution in [-0.4, -0.2) is 30.4 Å². The second kappa shape index (κ2) is 4.08.